The van der Waals surface area contributed by atoms with Crippen molar-refractivity contribution in [1.29, 1.82) is 0 Å². The summed E-state index contributed by atoms with van der Waals surface area (Å²) in [6.07, 6.45) is 2.15. The molecule has 0 saturated carbocycles. The fraction of sp³-hybridized carbons (Fsp3) is 0.750. The molecule has 1 atom stereocenters. The normalized spacial score (nSPS) is 29.9. The summed E-state index contributed by atoms with van der Waals surface area (Å²) in [5.74, 6) is -1.24. The van der Waals surface area contributed by atoms with E-state index < -0.39 is 11.5 Å². The molecular formula is C12H17NO4. The Morgan fingerprint density at radius 1 is 1.24 bits per heavy atom. The quantitative estimate of drug-likeness (QED) is 0.513. The van der Waals surface area contributed by atoms with Crippen molar-refractivity contribution in [2.24, 2.45) is 0 Å². The van der Waals surface area contributed by atoms with Gasteiger partial charge in [-0.1, -0.05) is 0 Å². The van der Waals surface area contributed by atoms with E-state index in [9.17, 15) is 14.4 Å². The number of hydrogen-bond acceptors (Lipinski definition) is 5. The van der Waals surface area contributed by atoms with Crippen molar-refractivity contribution in [3.8, 4) is 0 Å². The van der Waals surface area contributed by atoms with Gasteiger partial charge in [0.2, 0.25) is 5.54 Å². The lowest BCUT2D eigenvalue weighted by Crippen LogP contribution is -2.60. The van der Waals surface area contributed by atoms with Crippen molar-refractivity contribution < 1.29 is 19.1 Å². The molecule has 0 aliphatic carbocycles. The van der Waals surface area contributed by atoms with Gasteiger partial charge < -0.3 is 4.74 Å². The van der Waals surface area contributed by atoms with Crippen molar-refractivity contribution in [3.05, 3.63) is 0 Å². The second-order valence-electron chi connectivity index (χ2n) is 4.47. The van der Waals surface area contributed by atoms with Gasteiger partial charge >= 0.3 is 5.97 Å². The van der Waals surface area contributed by atoms with Gasteiger partial charge in [0.1, 0.15) is 0 Å². The van der Waals surface area contributed by atoms with Gasteiger partial charge in [-0.25, -0.2) is 4.79 Å². The van der Waals surface area contributed by atoms with Crippen LogP contribution in [0.15, 0.2) is 0 Å². The number of carbonyl (C=O) groups is 3. The van der Waals surface area contributed by atoms with Crippen LogP contribution >= 0.6 is 0 Å². The molecule has 2 heterocycles. The van der Waals surface area contributed by atoms with E-state index in [1.807, 2.05) is 0 Å². The first-order valence-corrected chi connectivity index (χ1v) is 6.13. The fourth-order valence-electron chi connectivity index (χ4n) is 2.73. The number of esters is 1. The van der Waals surface area contributed by atoms with Gasteiger partial charge in [-0.15, -0.1) is 0 Å². The van der Waals surface area contributed by atoms with Crippen molar-refractivity contribution in [2.75, 3.05) is 19.7 Å². The maximum absolute atomic E-state index is 12.2. The van der Waals surface area contributed by atoms with Gasteiger partial charge in [0, 0.05) is 25.9 Å². The molecule has 0 spiro atoms. The Morgan fingerprint density at radius 2 is 1.94 bits per heavy atom. The van der Waals surface area contributed by atoms with Crippen LogP contribution in [0.1, 0.15) is 32.6 Å². The average molecular weight is 239 g/mol. The zero-order valence-corrected chi connectivity index (χ0v) is 10.0. The van der Waals surface area contributed by atoms with E-state index in [1.54, 1.807) is 11.8 Å². The molecule has 0 aromatic carbocycles. The van der Waals surface area contributed by atoms with Crippen LogP contribution in [-0.4, -0.2) is 47.7 Å². The summed E-state index contributed by atoms with van der Waals surface area (Å²) in [5, 5.41) is 0. The Kier molecular flexibility index (Phi) is 3.28. The molecule has 2 rings (SSSR count). The van der Waals surface area contributed by atoms with E-state index in [1.165, 1.54) is 0 Å². The third kappa shape index (κ3) is 1.69. The van der Waals surface area contributed by atoms with Crippen LogP contribution < -0.4 is 0 Å². The lowest BCUT2D eigenvalue weighted by atomic mass is 9.88. The second kappa shape index (κ2) is 4.56. The van der Waals surface area contributed by atoms with Gasteiger partial charge in [-0.2, -0.15) is 0 Å². The van der Waals surface area contributed by atoms with Crippen LogP contribution in [0.3, 0.4) is 0 Å². The van der Waals surface area contributed by atoms with Gasteiger partial charge in [0.25, 0.3) is 0 Å². The smallest absolute Gasteiger partial charge is 0.342 e. The molecular weight excluding hydrogens is 222 g/mol. The molecule has 0 aromatic rings. The summed E-state index contributed by atoms with van der Waals surface area (Å²) < 4.78 is 4.96. The molecule has 2 aliphatic rings. The maximum Gasteiger partial charge on any atom is 0.342 e. The fourth-order valence-corrected chi connectivity index (χ4v) is 2.73. The van der Waals surface area contributed by atoms with E-state index in [0.29, 0.717) is 19.5 Å². The number of Topliss-reactive ketones (excluding diaryl/α,β-unsaturated/α-hetero) is 2. The summed E-state index contributed by atoms with van der Waals surface area (Å²) in [5.41, 5.74) is -1.60. The Balaban J connectivity index is 2.42. The van der Waals surface area contributed by atoms with Gasteiger partial charge in [0.05, 0.1) is 6.61 Å². The molecule has 5 heteroatoms. The van der Waals surface area contributed by atoms with Crippen LogP contribution in [0.2, 0.25) is 0 Å². The minimum absolute atomic E-state index is 0.189. The molecule has 0 aromatic heterocycles. The molecule has 5 nitrogen and oxygen atoms in total. The van der Waals surface area contributed by atoms with Gasteiger partial charge in [-0.05, 0) is 19.8 Å². The summed E-state index contributed by atoms with van der Waals surface area (Å²) in [7, 11) is 0. The van der Waals surface area contributed by atoms with E-state index in [-0.39, 0.29) is 24.6 Å². The average Bonchev–Trinajstić information content (AvgIpc) is 2.52. The lowest BCUT2D eigenvalue weighted by Gasteiger charge is -2.31. The van der Waals surface area contributed by atoms with Crippen molar-refractivity contribution in [1.82, 2.24) is 4.90 Å². The number of carbonyl (C=O) groups excluding carboxylic acids is 3. The van der Waals surface area contributed by atoms with Crippen LogP contribution in [-0.2, 0) is 19.1 Å². The first-order chi connectivity index (χ1) is 8.14. The number of rotatable bonds is 2. The number of ether oxygens (including phenoxy) is 1. The lowest BCUT2D eigenvalue weighted by molar-refractivity contribution is -0.163. The SMILES string of the molecule is CCOC(=O)C12C(=O)CCCCN1CCC2=O. The molecule has 17 heavy (non-hydrogen) atoms. The third-order valence-electron chi connectivity index (χ3n) is 3.54. The number of ketones is 2. The highest BCUT2D eigenvalue weighted by Gasteiger charge is 2.60. The van der Waals surface area contributed by atoms with E-state index in [4.69, 9.17) is 4.74 Å². The molecule has 0 N–H and O–H groups in total. The summed E-state index contributed by atoms with van der Waals surface area (Å²) in [6, 6.07) is 0. The Bertz CT molecular complexity index is 366. The topological polar surface area (TPSA) is 63.7 Å². The Morgan fingerprint density at radius 3 is 2.65 bits per heavy atom. The molecule has 0 amide bonds. The minimum Gasteiger partial charge on any atom is -0.464 e. The molecule has 2 aliphatic heterocycles. The van der Waals surface area contributed by atoms with Crippen LogP contribution in [0.5, 0.6) is 0 Å². The second-order valence-corrected chi connectivity index (χ2v) is 4.47. The van der Waals surface area contributed by atoms with Crippen LogP contribution in [0.4, 0.5) is 0 Å². The Hall–Kier alpha value is -1.23. The first-order valence-electron chi connectivity index (χ1n) is 6.13. The molecule has 1 unspecified atom stereocenters. The first kappa shape index (κ1) is 12.2. The third-order valence-corrected chi connectivity index (χ3v) is 3.54. The van der Waals surface area contributed by atoms with Gasteiger partial charge in [-0.3, -0.25) is 14.5 Å². The van der Waals surface area contributed by atoms with Crippen LogP contribution in [0, 0.1) is 0 Å². The molecule has 2 fully saturated rings. The molecule has 94 valence electrons. The van der Waals surface area contributed by atoms with E-state index in [0.717, 1.165) is 12.8 Å². The summed E-state index contributed by atoms with van der Waals surface area (Å²) in [4.78, 5) is 38.0. The zero-order valence-electron chi connectivity index (χ0n) is 10.0. The molecule has 2 saturated heterocycles. The highest BCUT2D eigenvalue weighted by molar-refractivity contribution is 6.28. The molecule has 0 bridgehead atoms. The monoisotopic (exact) mass is 239 g/mol. The highest BCUT2D eigenvalue weighted by Crippen LogP contribution is 2.33. The summed E-state index contributed by atoms with van der Waals surface area (Å²) >= 11 is 0. The number of hydrogen-bond donors (Lipinski definition) is 0. The summed E-state index contributed by atoms with van der Waals surface area (Å²) in [6.45, 7) is 2.98. The minimum atomic E-state index is -1.60. The van der Waals surface area contributed by atoms with Crippen molar-refractivity contribution in [3.63, 3.8) is 0 Å². The maximum atomic E-state index is 12.2. The van der Waals surface area contributed by atoms with E-state index in [2.05, 4.69) is 0 Å². The predicted octanol–water partition coefficient (Wildman–Crippen LogP) is 0.316. The van der Waals surface area contributed by atoms with Gasteiger partial charge in [0.15, 0.2) is 11.6 Å². The van der Waals surface area contributed by atoms with Crippen molar-refractivity contribution >= 4 is 17.5 Å². The predicted molar refractivity (Wildman–Crippen MR) is 59.4 cm³/mol. The molecule has 0 radical (unpaired) electrons. The largest absolute Gasteiger partial charge is 0.464 e. The van der Waals surface area contributed by atoms with Crippen molar-refractivity contribution in [2.45, 2.75) is 38.1 Å². The van der Waals surface area contributed by atoms with Crippen LogP contribution in [0.25, 0.3) is 0 Å². The zero-order chi connectivity index (χ0) is 12.5. The Labute approximate surface area is 100 Å². The van der Waals surface area contributed by atoms with E-state index >= 15 is 0 Å². The number of fused-ring (bicyclic) bond motifs is 1. The number of nitrogens with zero attached hydrogens (tertiary/aromatic N) is 1. The standard InChI is InChI=1S/C12H17NO4/c1-2-17-11(16)12-9(14)5-3-4-7-13(12)8-6-10(12)15/h2-8H2,1H3. The highest BCUT2D eigenvalue weighted by atomic mass is 16.5.